The number of rotatable bonds is 3. The third-order valence-electron chi connectivity index (χ3n) is 3.31. The van der Waals surface area contributed by atoms with E-state index in [2.05, 4.69) is 39.2 Å². The highest BCUT2D eigenvalue weighted by Crippen LogP contribution is 2.22. The number of likely N-dealkylation sites (N-methyl/N-ethyl adjacent to an activating group) is 1. The first-order chi connectivity index (χ1) is 8.63. The maximum atomic E-state index is 5.44. The summed E-state index contributed by atoms with van der Waals surface area (Å²) in [5.41, 5.74) is 2.60. The molecule has 2 heterocycles. The molecule has 1 unspecified atom stereocenters. The number of nitrogens with two attached hydrogens (primary N) is 1. The molecule has 0 radical (unpaired) electrons. The van der Waals surface area contributed by atoms with Gasteiger partial charge < -0.3 is 15.2 Å². The number of nitrogens with one attached hydrogen (secondary N) is 1. The number of hydrogen-bond acceptors (Lipinski definition) is 7. The predicted octanol–water partition coefficient (Wildman–Crippen LogP) is 0.624. The molecular formula is C11H20N6S. The molecule has 1 saturated heterocycles. The zero-order chi connectivity index (χ0) is 13.1. The van der Waals surface area contributed by atoms with Crippen molar-refractivity contribution in [3.8, 4) is 0 Å². The summed E-state index contributed by atoms with van der Waals surface area (Å²) in [4.78, 5) is 13.5. The molecule has 7 heteroatoms. The van der Waals surface area contributed by atoms with Crippen molar-refractivity contribution in [2.75, 3.05) is 43.3 Å². The van der Waals surface area contributed by atoms with Crippen molar-refractivity contribution in [1.82, 2.24) is 14.9 Å². The fourth-order valence-electron chi connectivity index (χ4n) is 2.00. The van der Waals surface area contributed by atoms with Crippen LogP contribution in [0.5, 0.6) is 0 Å². The van der Waals surface area contributed by atoms with Gasteiger partial charge in [-0.25, -0.2) is 15.8 Å². The second kappa shape index (κ2) is 5.73. The monoisotopic (exact) mass is 268 g/mol. The Morgan fingerprint density at radius 3 is 2.83 bits per heavy atom. The molecule has 0 aromatic carbocycles. The van der Waals surface area contributed by atoms with E-state index < -0.39 is 0 Å². The van der Waals surface area contributed by atoms with Gasteiger partial charge in [-0.2, -0.15) is 0 Å². The maximum Gasteiger partial charge on any atom is 0.191 e. The summed E-state index contributed by atoms with van der Waals surface area (Å²) in [6, 6.07) is 2.43. The first kappa shape index (κ1) is 13.4. The molecule has 6 nitrogen and oxygen atoms in total. The number of anilines is 2. The number of thioether (sulfide) groups is 1. The van der Waals surface area contributed by atoms with Crippen molar-refractivity contribution in [2.24, 2.45) is 5.84 Å². The van der Waals surface area contributed by atoms with Crippen molar-refractivity contribution in [3.05, 3.63) is 6.07 Å². The Balaban J connectivity index is 2.22. The van der Waals surface area contributed by atoms with Crippen LogP contribution in [0.4, 0.5) is 11.6 Å². The molecule has 100 valence electrons. The molecule has 1 aliphatic heterocycles. The third-order valence-corrected chi connectivity index (χ3v) is 3.85. The van der Waals surface area contributed by atoms with E-state index >= 15 is 0 Å². The summed E-state index contributed by atoms with van der Waals surface area (Å²) in [6.07, 6.45) is 1.96. The van der Waals surface area contributed by atoms with Gasteiger partial charge in [0.2, 0.25) is 0 Å². The van der Waals surface area contributed by atoms with Crippen LogP contribution in [0.15, 0.2) is 11.2 Å². The lowest BCUT2D eigenvalue weighted by atomic mass is 10.2. The van der Waals surface area contributed by atoms with E-state index in [-0.39, 0.29) is 0 Å². The Morgan fingerprint density at radius 2 is 2.22 bits per heavy atom. The van der Waals surface area contributed by atoms with E-state index in [9.17, 15) is 0 Å². The zero-order valence-corrected chi connectivity index (χ0v) is 11.9. The van der Waals surface area contributed by atoms with Crippen LogP contribution in [0, 0.1) is 0 Å². The summed E-state index contributed by atoms with van der Waals surface area (Å²) in [6.45, 7) is 5.23. The quantitative estimate of drug-likeness (QED) is 0.360. The van der Waals surface area contributed by atoms with Gasteiger partial charge in [0.05, 0.1) is 0 Å². The van der Waals surface area contributed by atoms with Gasteiger partial charge in [-0.15, -0.1) is 0 Å². The molecule has 1 fully saturated rings. The van der Waals surface area contributed by atoms with Gasteiger partial charge in [0.1, 0.15) is 11.6 Å². The fourth-order valence-corrected chi connectivity index (χ4v) is 2.37. The van der Waals surface area contributed by atoms with E-state index in [1.807, 2.05) is 12.3 Å². The standard InChI is InChI=1S/C11H20N6S/c1-8-7-17(5-4-16(8)2)10-6-9(15-12)13-11(14-10)18-3/h6,8H,4-5,7,12H2,1-3H3,(H,13,14,15). The van der Waals surface area contributed by atoms with Crippen LogP contribution in [0.1, 0.15) is 6.92 Å². The van der Waals surface area contributed by atoms with Gasteiger partial charge in [-0.1, -0.05) is 11.8 Å². The summed E-state index contributed by atoms with van der Waals surface area (Å²) in [5.74, 6) is 7.05. The topological polar surface area (TPSA) is 70.3 Å². The van der Waals surface area contributed by atoms with Gasteiger partial charge in [-0.05, 0) is 20.2 Å². The van der Waals surface area contributed by atoms with Crippen LogP contribution in [-0.4, -0.2) is 53.8 Å². The van der Waals surface area contributed by atoms with Gasteiger partial charge >= 0.3 is 0 Å². The van der Waals surface area contributed by atoms with Crippen molar-refractivity contribution >= 4 is 23.4 Å². The molecular weight excluding hydrogens is 248 g/mol. The van der Waals surface area contributed by atoms with Crippen LogP contribution < -0.4 is 16.2 Å². The Morgan fingerprint density at radius 1 is 1.44 bits per heavy atom. The summed E-state index contributed by atoms with van der Waals surface area (Å²) >= 11 is 1.52. The van der Waals surface area contributed by atoms with E-state index in [1.165, 1.54) is 11.8 Å². The highest BCUT2D eigenvalue weighted by molar-refractivity contribution is 7.98. The van der Waals surface area contributed by atoms with Gasteiger partial charge in [0.25, 0.3) is 0 Å². The van der Waals surface area contributed by atoms with Crippen LogP contribution in [-0.2, 0) is 0 Å². The van der Waals surface area contributed by atoms with Gasteiger partial charge in [0.15, 0.2) is 5.16 Å². The summed E-state index contributed by atoms with van der Waals surface area (Å²) in [5, 5.41) is 0.743. The van der Waals surface area contributed by atoms with E-state index in [0.29, 0.717) is 11.9 Å². The lowest BCUT2D eigenvalue weighted by Gasteiger charge is -2.38. The predicted molar refractivity (Wildman–Crippen MR) is 75.9 cm³/mol. The number of nitrogen functional groups attached to an aromatic ring is 1. The fraction of sp³-hybridized carbons (Fsp3) is 0.636. The third kappa shape index (κ3) is 2.85. The molecule has 3 N–H and O–H groups in total. The molecule has 1 atom stereocenters. The molecule has 1 aromatic heterocycles. The number of hydrogen-bond donors (Lipinski definition) is 2. The van der Waals surface area contributed by atoms with E-state index in [4.69, 9.17) is 5.84 Å². The number of hydrazine groups is 1. The van der Waals surface area contributed by atoms with Crippen molar-refractivity contribution in [3.63, 3.8) is 0 Å². The lowest BCUT2D eigenvalue weighted by Crippen LogP contribution is -2.50. The minimum Gasteiger partial charge on any atom is -0.354 e. The largest absolute Gasteiger partial charge is 0.354 e. The van der Waals surface area contributed by atoms with Crippen LogP contribution >= 0.6 is 11.8 Å². The van der Waals surface area contributed by atoms with Crippen LogP contribution in [0.25, 0.3) is 0 Å². The molecule has 0 aliphatic carbocycles. The molecule has 2 rings (SSSR count). The molecule has 0 bridgehead atoms. The highest BCUT2D eigenvalue weighted by atomic mass is 32.2. The normalized spacial score (nSPS) is 21.1. The van der Waals surface area contributed by atoms with Crippen molar-refractivity contribution in [1.29, 1.82) is 0 Å². The summed E-state index contributed by atoms with van der Waals surface area (Å²) < 4.78 is 0. The Kier molecular flexibility index (Phi) is 4.26. The molecule has 1 aliphatic rings. The molecule has 0 amide bonds. The summed E-state index contributed by atoms with van der Waals surface area (Å²) in [7, 11) is 2.15. The molecule has 0 spiro atoms. The smallest absolute Gasteiger partial charge is 0.191 e. The molecule has 1 aromatic rings. The second-order valence-electron chi connectivity index (χ2n) is 4.52. The molecule has 18 heavy (non-hydrogen) atoms. The van der Waals surface area contributed by atoms with E-state index in [0.717, 1.165) is 30.6 Å². The second-order valence-corrected chi connectivity index (χ2v) is 5.29. The minimum atomic E-state index is 0.528. The van der Waals surface area contributed by atoms with Gasteiger partial charge in [-0.3, -0.25) is 0 Å². The average molecular weight is 268 g/mol. The Bertz CT molecular complexity index is 390. The number of aromatic nitrogens is 2. The Hall–Kier alpha value is -1.05. The maximum absolute atomic E-state index is 5.44. The van der Waals surface area contributed by atoms with Crippen LogP contribution in [0.3, 0.4) is 0 Å². The SMILES string of the molecule is CSc1nc(NN)cc(N2CCN(C)C(C)C2)n1. The van der Waals surface area contributed by atoms with Gasteiger partial charge in [0, 0.05) is 31.7 Å². The van der Waals surface area contributed by atoms with Crippen molar-refractivity contribution in [2.45, 2.75) is 18.1 Å². The Labute approximate surface area is 112 Å². The van der Waals surface area contributed by atoms with Crippen LogP contribution in [0.2, 0.25) is 0 Å². The first-order valence-corrected chi connectivity index (χ1v) is 7.21. The average Bonchev–Trinajstić information content (AvgIpc) is 2.41. The number of nitrogens with zero attached hydrogens (tertiary/aromatic N) is 4. The first-order valence-electron chi connectivity index (χ1n) is 5.99. The lowest BCUT2D eigenvalue weighted by molar-refractivity contribution is 0.233. The highest BCUT2D eigenvalue weighted by Gasteiger charge is 2.22. The molecule has 0 saturated carbocycles. The zero-order valence-electron chi connectivity index (χ0n) is 11.1. The number of piperazine rings is 1. The van der Waals surface area contributed by atoms with E-state index in [1.54, 1.807) is 0 Å². The van der Waals surface area contributed by atoms with Crippen molar-refractivity contribution < 1.29 is 0 Å². The minimum absolute atomic E-state index is 0.528.